The number of halogens is 1. The van der Waals surface area contributed by atoms with Crippen molar-refractivity contribution in [2.75, 3.05) is 6.54 Å². The molecule has 0 fully saturated rings. The zero-order chi connectivity index (χ0) is 13.1. The zero-order valence-electron chi connectivity index (χ0n) is 10.5. The molecule has 0 amide bonds. The molecule has 0 aliphatic rings. The van der Waals surface area contributed by atoms with E-state index in [1.165, 1.54) is 18.2 Å². The van der Waals surface area contributed by atoms with Crippen LogP contribution in [0.1, 0.15) is 30.8 Å². The maximum Gasteiger partial charge on any atom is 0.211 e. The number of hydrogen-bond donors (Lipinski definition) is 1. The third kappa shape index (κ3) is 2.76. The molecule has 1 heterocycles. The van der Waals surface area contributed by atoms with Crippen molar-refractivity contribution >= 4 is 16.8 Å². The minimum atomic E-state index is -0.333. The highest BCUT2D eigenvalue weighted by Crippen LogP contribution is 2.20. The summed E-state index contributed by atoms with van der Waals surface area (Å²) in [6.07, 6.45) is 0.957. The average molecular weight is 249 g/mol. The minimum Gasteiger partial charge on any atom is -0.453 e. The lowest BCUT2D eigenvalue weighted by Gasteiger charge is -2.08. The molecule has 0 bridgehead atoms. The number of Topliss-reactive ketones (excluding diaryl/α,β-unsaturated/α-hetero) is 1. The van der Waals surface area contributed by atoms with E-state index in [0.717, 1.165) is 6.42 Å². The fourth-order valence-corrected chi connectivity index (χ4v) is 1.65. The standard InChI is InChI=1S/C14H16FNO2/c1-3-9(2)16-8-12(17)14-7-10-6-11(15)4-5-13(10)18-14/h4-7,9,16H,3,8H2,1-2H3. The van der Waals surface area contributed by atoms with Crippen LogP contribution in [0.5, 0.6) is 0 Å². The third-order valence-corrected chi connectivity index (χ3v) is 2.98. The van der Waals surface area contributed by atoms with Crippen molar-refractivity contribution in [3.05, 3.63) is 35.8 Å². The summed E-state index contributed by atoms with van der Waals surface area (Å²) >= 11 is 0. The monoisotopic (exact) mass is 249 g/mol. The van der Waals surface area contributed by atoms with Crippen LogP contribution in [0.15, 0.2) is 28.7 Å². The summed E-state index contributed by atoms with van der Waals surface area (Å²) in [6.45, 7) is 4.30. The molecule has 0 spiro atoms. The number of nitrogens with one attached hydrogen (secondary N) is 1. The van der Waals surface area contributed by atoms with Gasteiger partial charge in [-0.1, -0.05) is 6.92 Å². The molecule has 4 heteroatoms. The quantitative estimate of drug-likeness (QED) is 0.828. The second-order valence-corrected chi connectivity index (χ2v) is 4.41. The van der Waals surface area contributed by atoms with Crippen LogP contribution < -0.4 is 5.32 Å². The maximum atomic E-state index is 13.0. The van der Waals surface area contributed by atoms with E-state index >= 15 is 0 Å². The molecule has 1 unspecified atom stereocenters. The summed E-state index contributed by atoms with van der Waals surface area (Å²) in [6, 6.07) is 6.08. The second-order valence-electron chi connectivity index (χ2n) is 4.41. The average Bonchev–Trinajstić information content (AvgIpc) is 2.78. The first-order valence-electron chi connectivity index (χ1n) is 6.06. The molecule has 0 aliphatic carbocycles. The lowest BCUT2D eigenvalue weighted by molar-refractivity contribution is 0.0963. The van der Waals surface area contributed by atoms with Gasteiger partial charge in [-0.25, -0.2) is 4.39 Å². The Morgan fingerprint density at radius 1 is 1.44 bits per heavy atom. The molecular weight excluding hydrogens is 233 g/mol. The van der Waals surface area contributed by atoms with Crippen LogP contribution in [0, 0.1) is 5.82 Å². The second kappa shape index (κ2) is 5.31. The molecule has 0 saturated carbocycles. The van der Waals surface area contributed by atoms with Crippen molar-refractivity contribution < 1.29 is 13.6 Å². The molecule has 1 N–H and O–H groups in total. The molecule has 1 atom stereocenters. The summed E-state index contributed by atoms with van der Waals surface area (Å²) in [5, 5.41) is 3.72. The Balaban J connectivity index is 2.13. The molecular formula is C14H16FNO2. The van der Waals surface area contributed by atoms with Gasteiger partial charge in [0.15, 0.2) is 5.76 Å². The molecule has 0 saturated heterocycles. The Hall–Kier alpha value is -1.68. The van der Waals surface area contributed by atoms with E-state index in [4.69, 9.17) is 4.42 Å². The number of carbonyl (C=O) groups excluding carboxylic acids is 1. The van der Waals surface area contributed by atoms with Crippen LogP contribution in [0.4, 0.5) is 4.39 Å². The van der Waals surface area contributed by atoms with E-state index in [1.807, 2.05) is 13.8 Å². The molecule has 0 radical (unpaired) electrons. The van der Waals surface area contributed by atoms with Gasteiger partial charge in [0, 0.05) is 11.4 Å². The number of rotatable bonds is 5. The van der Waals surface area contributed by atoms with Crippen LogP contribution in [0.3, 0.4) is 0 Å². The van der Waals surface area contributed by atoms with Crippen LogP contribution >= 0.6 is 0 Å². The molecule has 18 heavy (non-hydrogen) atoms. The van der Waals surface area contributed by atoms with E-state index in [2.05, 4.69) is 5.32 Å². The largest absolute Gasteiger partial charge is 0.453 e. The van der Waals surface area contributed by atoms with Crippen molar-refractivity contribution in [1.82, 2.24) is 5.32 Å². The van der Waals surface area contributed by atoms with Crippen molar-refractivity contribution in [2.24, 2.45) is 0 Å². The number of benzene rings is 1. The molecule has 0 aliphatic heterocycles. The number of furan rings is 1. The van der Waals surface area contributed by atoms with Gasteiger partial charge in [0.1, 0.15) is 11.4 Å². The Bertz CT molecular complexity index is 562. The first-order valence-corrected chi connectivity index (χ1v) is 6.06. The number of hydrogen-bond acceptors (Lipinski definition) is 3. The Kier molecular flexibility index (Phi) is 3.77. The SMILES string of the molecule is CCC(C)NCC(=O)c1cc2cc(F)ccc2o1. The first kappa shape index (κ1) is 12.8. The van der Waals surface area contributed by atoms with Gasteiger partial charge in [0.25, 0.3) is 0 Å². The lowest BCUT2D eigenvalue weighted by atomic mass is 10.2. The lowest BCUT2D eigenvalue weighted by Crippen LogP contribution is -2.30. The topological polar surface area (TPSA) is 42.2 Å². The predicted octanol–water partition coefficient (Wildman–Crippen LogP) is 3.14. The van der Waals surface area contributed by atoms with Crippen molar-refractivity contribution in [3.63, 3.8) is 0 Å². The van der Waals surface area contributed by atoms with Gasteiger partial charge >= 0.3 is 0 Å². The van der Waals surface area contributed by atoms with Crippen LogP contribution in [-0.2, 0) is 0 Å². The molecule has 2 aromatic rings. The summed E-state index contributed by atoms with van der Waals surface area (Å²) in [5.74, 6) is -0.182. The Labute approximate surface area is 105 Å². The fraction of sp³-hybridized carbons (Fsp3) is 0.357. The van der Waals surface area contributed by atoms with Crippen molar-refractivity contribution in [3.8, 4) is 0 Å². The van der Waals surface area contributed by atoms with E-state index in [1.54, 1.807) is 6.07 Å². The van der Waals surface area contributed by atoms with Gasteiger partial charge in [-0.3, -0.25) is 4.79 Å². The number of ketones is 1. The molecule has 2 rings (SSSR count). The van der Waals surface area contributed by atoms with Gasteiger partial charge < -0.3 is 9.73 Å². The summed E-state index contributed by atoms with van der Waals surface area (Å²) in [5.41, 5.74) is 0.531. The van der Waals surface area contributed by atoms with Crippen LogP contribution in [-0.4, -0.2) is 18.4 Å². The third-order valence-electron chi connectivity index (χ3n) is 2.98. The van der Waals surface area contributed by atoms with E-state index in [-0.39, 0.29) is 29.9 Å². The Morgan fingerprint density at radius 2 is 2.22 bits per heavy atom. The number of carbonyl (C=O) groups is 1. The fourth-order valence-electron chi connectivity index (χ4n) is 1.65. The molecule has 1 aromatic carbocycles. The molecule has 1 aromatic heterocycles. The Morgan fingerprint density at radius 3 is 2.94 bits per heavy atom. The van der Waals surface area contributed by atoms with Crippen LogP contribution in [0.2, 0.25) is 0 Å². The van der Waals surface area contributed by atoms with Gasteiger partial charge in [-0.2, -0.15) is 0 Å². The minimum absolute atomic E-state index is 0.119. The maximum absolute atomic E-state index is 13.0. The summed E-state index contributed by atoms with van der Waals surface area (Å²) in [4.78, 5) is 11.9. The van der Waals surface area contributed by atoms with E-state index in [0.29, 0.717) is 11.0 Å². The van der Waals surface area contributed by atoms with Gasteiger partial charge in [-0.15, -0.1) is 0 Å². The highest BCUT2D eigenvalue weighted by molar-refractivity contribution is 5.98. The smallest absolute Gasteiger partial charge is 0.211 e. The highest BCUT2D eigenvalue weighted by atomic mass is 19.1. The van der Waals surface area contributed by atoms with Gasteiger partial charge in [0.2, 0.25) is 5.78 Å². The van der Waals surface area contributed by atoms with Gasteiger partial charge in [0.05, 0.1) is 6.54 Å². The van der Waals surface area contributed by atoms with Gasteiger partial charge in [-0.05, 0) is 37.6 Å². The van der Waals surface area contributed by atoms with Crippen molar-refractivity contribution in [2.45, 2.75) is 26.3 Å². The van der Waals surface area contributed by atoms with E-state index in [9.17, 15) is 9.18 Å². The predicted molar refractivity (Wildman–Crippen MR) is 68.3 cm³/mol. The number of fused-ring (bicyclic) bond motifs is 1. The van der Waals surface area contributed by atoms with Crippen molar-refractivity contribution in [1.29, 1.82) is 0 Å². The first-order chi connectivity index (χ1) is 8.60. The summed E-state index contributed by atoms with van der Waals surface area (Å²) < 4.78 is 18.4. The highest BCUT2D eigenvalue weighted by Gasteiger charge is 2.13. The normalized spacial score (nSPS) is 12.8. The zero-order valence-corrected chi connectivity index (χ0v) is 10.5. The molecule has 96 valence electrons. The molecule has 3 nitrogen and oxygen atoms in total. The summed E-state index contributed by atoms with van der Waals surface area (Å²) in [7, 11) is 0. The van der Waals surface area contributed by atoms with E-state index < -0.39 is 0 Å². The van der Waals surface area contributed by atoms with Crippen LogP contribution in [0.25, 0.3) is 11.0 Å².